The molecular formula is C22H16ClFN2O2. The van der Waals surface area contributed by atoms with Gasteiger partial charge in [-0.05, 0) is 35.9 Å². The van der Waals surface area contributed by atoms with E-state index >= 15 is 0 Å². The van der Waals surface area contributed by atoms with Gasteiger partial charge in [-0.15, -0.1) is 0 Å². The van der Waals surface area contributed by atoms with Gasteiger partial charge in [-0.25, -0.2) is 4.39 Å². The Morgan fingerprint density at radius 2 is 1.75 bits per heavy atom. The van der Waals surface area contributed by atoms with Crippen LogP contribution in [0.25, 0.3) is 0 Å². The van der Waals surface area contributed by atoms with Crippen LogP contribution in [0.1, 0.15) is 27.5 Å². The summed E-state index contributed by atoms with van der Waals surface area (Å²) in [5.41, 5.74) is 1.97. The van der Waals surface area contributed by atoms with Crippen LogP contribution < -0.4 is 5.32 Å². The van der Waals surface area contributed by atoms with Crippen molar-refractivity contribution in [1.29, 1.82) is 0 Å². The summed E-state index contributed by atoms with van der Waals surface area (Å²) in [6.45, 7) is -0.209. The minimum atomic E-state index is -0.629. The normalized spacial score (nSPS) is 16.1. The van der Waals surface area contributed by atoms with Crippen LogP contribution in [-0.2, 0) is 4.79 Å². The van der Waals surface area contributed by atoms with E-state index in [1.54, 1.807) is 24.3 Å². The number of carbonyl (C=O) groups is 2. The molecule has 0 aromatic heterocycles. The first-order valence-corrected chi connectivity index (χ1v) is 9.12. The van der Waals surface area contributed by atoms with Crippen LogP contribution in [0.15, 0.2) is 72.8 Å². The molecule has 1 heterocycles. The predicted molar refractivity (Wildman–Crippen MR) is 106 cm³/mol. The number of nitrogens with zero attached hydrogens (tertiary/aromatic N) is 1. The van der Waals surface area contributed by atoms with Crippen LogP contribution in [0.2, 0.25) is 5.02 Å². The third-order valence-electron chi connectivity index (χ3n) is 4.69. The Kier molecular flexibility index (Phi) is 4.84. The maximum absolute atomic E-state index is 14.3. The Morgan fingerprint density at radius 1 is 1.04 bits per heavy atom. The van der Waals surface area contributed by atoms with E-state index in [1.807, 2.05) is 30.3 Å². The highest BCUT2D eigenvalue weighted by molar-refractivity contribution is 6.30. The van der Waals surface area contributed by atoms with E-state index in [9.17, 15) is 14.0 Å². The molecule has 1 N–H and O–H groups in total. The number of amides is 2. The fourth-order valence-electron chi connectivity index (χ4n) is 3.45. The van der Waals surface area contributed by atoms with Gasteiger partial charge in [0.25, 0.3) is 5.91 Å². The summed E-state index contributed by atoms with van der Waals surface area (Å²) < 4.78 is 14.3. The fourth-order valence-corrected chi connectivity index (χ4v) is 3.63. The van der Waals surface area contributed by atoms with Gasteiger partial charge < -0.3 is 10.2 Å². The van der Waals surface area contributed by atoms with E-state index in [2.05, 4.69) is 5.32 Å². The van der Waals surface area contributed by atoms with Crippen molar-refractivity contribution in [3.8, 4) is 0 Å². The third-order valence-corrected chi connectivity index (χ3v) is 4.92. The van der Waals surface area contributed by atoms with Crippen molar-refractivity contribution in [3.05, 3.63) is 100 Å². The van der Waals surface area contributed by atoms with Crippen LogP contribution >= 0.6 is 11.6 Å². The van der Waals surface area contributed by atoms with Crippen LogP contribution in [-0.4, -0.2) is 23.3 Å². The average Bonchev–Trinajstić information content (AvgIpc) is 2.84. The second-order valence-electron chi connectivity index (χ2n) is 6.51. The van der Waals surface area contributed by atoms with Crippen molar-refractivity contribution in [2.24, 2.45) is 0 Å². The maximum atomic E-state index is 14.3. The second-order valence-corrected chi connectivity index (χ2v) is 6.94. The first kappa shape index (κ1) is 18.2. The van der Waals surface area contributed by atoms with Gasteiger partial charge >= 0.3 is 0 Å². The van der Waals surface area contributed by atoms with E-state index in [1.165, 1.54) is 23.1 Å². The highest BCUT2D eigenvalue weighted by atomic mass is 35.5. The molecule has 0 saturated carbocycles. The lowest BCUT2D eigenvalue weighted by Gasteiger charge is -2.30. The Hall–Kier alpha value is -3.18. The average molecular weight is 395 g/mol. The van der Waals surface area contributed by atoms with Crippen molar-refractivity contribution < 1.29 is 14.0 Å². The second kappa shape index (κ2) is 7.44. The van der Waals surface area contributed by atoms with Gasteiger partial charge in [0.1, 0.15) is 12.4 Å². The fraction of sp³-hybridized carbons (Fsp3) is 0.0909. The molecule has 2 amide bonds. The van der Waals surface area contributed by atoms with Gasteiger partial charge in [0.2, 0.25) is 5.91 Å². The van der Waals surface area contributed by atoms with Gasteiger partial charge in [-0.2, -0.15) is 0 Å². The zero-order valence-corrected chi connectivity index (χ0v) is 15.5. The SMILES string of the molecule is O=C1CN(C(=O)c2ccccc2F)[C@H](c2ccccc2)c2cc(Cl)ccc2N1. The third kappa shape index (κ3) is 3.37. The van der Waals surface area contributed by atoms with E-state index < -0.39 is 17.8 Å². The molecule has 0 unspecified atom stereocenters. The molecule has 6 heteroatoms. The number of carbonyl (C=O) groups excluding carboxylic acids is 2. The zero-order valence-electron chi connectivity index (χ0n) is 14.7. The number of hydrogen-bond donors (Lipinski definition) is 1. The molecule has 1 atom stereocenters. The Morgan fingerprint density at radius 3 is 2.50 bits per heavy atom. The van der Waals surface area contributed by atoms with Crippen LogP contribution in [0.5, 0.6) is 0 Å². The zero-order chi connectivity index (χ0) is 19.7. The molecule has 1 aliphatic rings. The van der Waals surface area contributed by atoms with Gasteiger partial charge in [-0.3, -0.25) is 9.59 Å². The summed E-state index contributed by atoms with van der Waals surface area (Å²) in [5.74, 6) is -1.54. The maximum Gasteiger partial charge on any atom is 0.258 e. The van der Waals surface area contributed by atoms with Crippen molar-refractivity contribution in [2.75, 3.05) is 11.9 Å². The van der Waals surface area contributed by atoms with Crippen molar-refractivity contribution >= 4 is 29.1 Å². The first-order chi connectivity index (χ1) is 13.5. The Bertz CT molecular complexity index is 1060. The first-order valence-electron chi connectivity index (χ1n) is 8.74. The summed E-state index contributed by atoms with van der Waals surface area (Å²) in [4.78, 5) is 27.2. The minimum absolute atomic E-state index is 0.0818. The molecule has 3 aromatic carbocycles. The lowest BCUT2D eigenvalue weighted by Crippen LogP contribution is -2.39. The highest BCUT2D eigenvalue weighted by Gasteiger charge is 2.34. The number of benzene rings is 3. The van der Waals surface area contributed by atoms with E-state index in [0.717, 1.165) is 5.56 Å². The van der Waals surface area contributed by atoms with Gasteiger partial charge in [-0.1, -0.05) is 54.1 Å². The monoisotopic (exact) mass is 394 g/mol. The van der Waals surface area contributed by atoms with Crippen LogP contribution in [0.3, 0.4) is 0 Å². The molecule has 4 rings (SSSR count). The van der Waals surface area contributed by atoms with Crippen LogP contribution in [0.4, 0.5) is 10.1 Å². The molecule has 0 fully saturated rings. The quantitative estimate of drug-likeness (QED) is 0.687. The molecule has 0 saturated heterocycles. The largest absolute Gasteiger partial charge is 0.324 e. The smallest absolute Gasteiger partial charge is 0.258 e. The summed E-state index contributed by atoms with van der Waals surface area (Å²) >= 11 is 6.21. The lowest BCUT2D eigenvalue weighted by molar-refractivity contribution is -0.117. The number of fused-ring (bicyclic) bond motifs is 1. The van der Waals surface area contributed by atoms with Crippen molar-refractivity contribution in [2.45, 2.75) is 6.04 Å². The summed E-state index contributed by atoms with van der Waals surface area (Å²) in [7, 11) is 0. The molecule has 0 spiro atoms. The molecular weight excluding hydrogens is 379 g/mol. The molecule has 140 valence electrons. The molecule has 4 nitrogen and oxygen atoms in total. The highest BCUT2D eigenvalue weighted by Crippen LogP contribution is 2.38. The number of rotatable bonds is 2. The molecule has 1 aliphatic heterocycles. The van der Waals surface area contributed by atoms with E-state index in [-0.39, 0.29) is 18.0 Å². The van der Waals surface area contributed by atoms with Gasteiger partial charge in [0.05, 0.1) is 11.6 Å². The van der Waals surface area contributed by atoms with E-state index in [4.69, 9.17) is 11.6 Å². The molecule has 28 heavy (non-hydrogen) atoms. The summed E-state index contributed by atoms with van der Waals surface area (Å²) in [5, 5.41) is 3.30. The molecule has 0 radical (unpaired) electrons. The van der Waals surface area contributed by atoms with Crippen molar-refractivity contribution in [3.63, 3.8) is 0 Å². The molecule has 0 bridgehead atoms. The van der Waals surface area contributed by atoms with E-state index in [0.29, 0.717) is 16.3 Å². The summed E-state index contributed by atoms with van der Waals surface area (Å²) in [6.07, 6.45) is 0. The molecule has 3 aromatic rings. The summed E-state index contributed by atoms with van der Waals surface area (Å²) in [6, 6.07) is 19.6. The topological polar surface area (TPSA) is 49.4 Å². The standard InChI is InChI=1S/C22H16ClFN2O2/c23-15-10-11-19-17(12-15)21(14-6-2-1-3-7-14)26(13-20(27)25-19)22(28)16-8-4-5-9-18(16)24/h1-12,21H,13H2,(H,25,27)/t21-/m1/s1. The predicted octanol–water partition coefficient (Wildman–Crippen LogP) is 4.66. The lowest BCUT2D eigenvalue weighted by atomic mass is 9.95. The van der Waals surface area contributed by atoms with Gasteiger partial charge in [0.15, 0.2) is 0 Å². The van der Waals surface area contributed by atoms with Crippen LogP contribution in [0, 0.1) is 5.82 Å². The van der Waals surface area contributed by atoms with Gasteiger partial charge in [0, 0.05) is 16.3 Å². The Labute approximate surface area is 166 Å². The van der Waals surface area contributed by atoms with Crippen molar-refractivity contribution in [1.82, 2.24) is 4.90 Å². The minimum Gasteiger partial charge on any atom is -0.324 e. The Balaban J connectivity index is 1.91. The number of anilines is 1. The molecule has 0 aliphatic carbocycles. The number of nitrogens with one attached hydrogen (secondary N) is 1. The number of hydrogen-bond acceptors (Lipinski definition) is 2. The number of halogens is 2.